The van der Waals surface area contributed by atoms with E-state index in [-0.39, 0.29) is 11.8 Å². The molecule has 0 atom stereocenters. The molecule has 1 aliphatic rings. The Balaban J connectivity index is 1.59. The molecule has 2 heterocycles. The minimum Gasteiger partial charge on any atom is -0.368 e. The van der Waals surface area contributed by atoms with Gasteiger partial charge in [-0.25, -0.2) is 0 Å². The van der Waals surface area contributed by atoms with Crippen molar-refractivity contribution in [3.8, 4) is 0 Å². The number of piperazine rings is 1. The van der Waals surface area contributed by atoms with E-state index in [1.54, 1.807) is 18.3 Å². The van der Waals surface area contributed by atoms with Crippen molar-refractivity contribution in [2.75, 3.05) is 37.6 Å². The summed E-state index contributed by atoms with van der Waals surface area (Å²) in [6, 6.07) is 11.1. The average molecular weight is 387 g/mol. The van der Waals surface area contributed by atoms with Crippen molar-refractivity contribution in [2.45, 2.75) is 13.3 Å². The average Bonchev–Trinajstić information content (AvgIpc) is 2.70. The number of pyridine rings is 1. The fourth-order valence-electron chi connectivity index (χ4n) is 3.12. The number of nitrogens with one attached hydrogen (secondary N) is 1. The van der Waals surface area contributed by atoms with Gasteiger partial charge in [0, 0.05) is 49.6 Å². The standard InChI is InChI=1S/C20H23ClN4O2/c1-2-22-20(27)18-14-16(7-8-23-18)24-9-11-25(12-10-24)19(26)13-15-5-3-4-6-17(15)21/h3-8,14H,2,9-13H2,1H3,(H,22,27). The van der Waals surface area contributed by atoms with Gasteiger partial charge >= 0.3 is 0 Å². The lowest BCUT2D eigenvalue weighted by Gasteiger charge is -2.36. The Hall–Kier alpha value is -2.60. The van der Waals surface area contributed by atoms with Gasteiger partial charge in [0.25, 0.3) is 5.91 Å². The number of anilines is 1. The Morgan fingerprint density at radius 2 is 1.89 bits per heavy atom. The lowest BCUT2D eigenvalue weighted by Crippen LogP contribution is -2.49. The van der Waals surface area contributed by atoms with Crippen molar-refractivity contribution in [3.63, 3.8) is 0 Å². The molecule has 142 valence electrons. The highest BCUT2D eigenvalue weighted by molar-refractivity contribution is 6.31. The molecule has 6 nitrogen and oxygen atoms in total. The normalized spacial score (nSPS) is 14.1. The van der Waals surface area contributed by atoms with Crippen LogP contribution >= 0.6 is 11.6 Å². The molecule has 7 heteroatoms. The van der Waals surface area contributed by atoms with Gasteiger partial charge in [-0.05, 0) is 30.7 Å². The SMILES string of the molecule is CCNC(=O)c1cc(N2CCN(C(=O)Cc3ccccc3Cl)CC2)ccn1. The predicted molar refractivity (Wildman–Crippen MR) is 106 cm³/mol. The van der Waals surface area contributed by atoms with Gasteiger partial charge in [0.15, 0.2) is 0 Å². The van der Waals surface area contributed by atoms with Crippen LogP contribution in [0.4, 0.5) is 5.69 Å². The molecule has 2 aromatic rings. The molecule has 1 aromatic heterocycles. The fraction of sp³-hybridized carbons (Fsp3) is 0.350. The highest BCUT2D eigenvalue weighted by Crippen LogP contribution is 2.19. The smallest absolute Gasteiger partial charge is 0.269 e. The minimum absolute atomic E-state index is 0.0838. The van der Waals surface area contributed by atoms with Crippen LogP contribution in [0.5, 0.6) is 0 Å². The van der Waals surface area contributed by atoms with Crippen molar-refractivity contribution >= 4 is 29.1 Å². The number of halogens is 1. The Bertz CT molecular complexity index is 819. The summed E-state index contributed by atoms with van der Waals surface area (Å²) in [5.41, 5.74) is 2.21. The number of nitrogens with zero attached hydrogens (tertiary/aromatic N) is 3. The summed E-state index contributed by atoms with van der Waals surface area (Å²) in [7, 11) is 0. The number of aromatic nitrogens is 1. The molecule has 0 radical (unpaired) electrons. The molecule has 0 bridgehead atoms. The minimum atomic E-state index is -0.173. The maximum absolute atomic E-state index is 12.6. The first kappa shape index (κ1) is 19.2. The van der Waals surface area contributed by atoms with E-state index in [1.165, 1.54) is 0 Å². The number of hydrogen-bond acceptors (Lipinski definition) is 4. The molecule has 1 N–H and O–H groups in total. The molecular formula is C20H23ClN4O2. The molecule has 1 aliphatic heterocycles. The summed E-state index contributed by atoms with van der Waals surface area (Å²) in [6.45, 7) is 5.15. The Kier molecular flexibility index (Phi) is 6.29. The summed E-state index contributed by atoms with van der Waals surface area (Å²) < 4.78 is 0. The number of amides is 2. The predicted octanol–water partition coefficient (Wildman–Crippen LogP) is 2.38. The highest BCUT2D eigenvalue weighted by Gasteiger charge is 2.22. The van der Waals surface area contributed by atoms with Gasteiger partial charge in [-0.1, -0.05) is 29.8 Å². The molecular weight excluding hydrogens is 364 g/mol. The molecule has 1 fully saturated rings. The van der Waals surface area contributed by atoms with Crippen LogP contribution in [-0.4, -0.2) is 54.4 Å². The topological polar surface area (TPSA) is 65.5 Å². The number of carbonyl (C=O) groups is 2. The third-order valence-corrected chi connectivity index (χ3v) is 4.98. The van der Waals surface area contributed by atoms with Crippen LogP contribution in [0.1, 0.15) is 23.0 Å². The molecule has 0 aliphatic carbocycles. The third-order valence-electron chi connectivity index (χ3n) is 4.61. The van der Waals surface area contributed by atoms with E-state index >= 15 is 0 Å². The molecule has 2 amide bonds. The summed E-state index contributed by atoms with van der Waals surface area (Å²) in [5.74, 6) is -0.0894. The largest absolute Gasteiger partial charge is 0.368 e. The monoisotopic (exact) mass is 386 g/mol. The molecule has 0 unspecified atom stereocenters. The zero-order chi connectivity index (χ0) is 19.2. The molecule has 27 heavy (non-hydrogen) atoms. The van der Waals surface area contributed by atoms with Crippen LogP contribution in [0, 0.1) is 0 Å². The summed E-state index contributed by atoms with van der Waals surface area (Å²) in [5, 5.41) is 3.38. The van der Waals surface area contributed by atoms with Crippen molar-refractivity contribution in [1.82, 2.24) is 15.2 Å². The van der Waals surface area contributed by atoms with Crippen molar-refractivity contribution in [3.05, 3.63) is 58.9 Å². The molecule has 1 aromatic carbocycles. The second-order valence-corrected chi connectivity index (χ2v) is 6.80. The maximum atomic E-state index is 12.6. The zero-order valence-corrected chi connectivity index (χ0v) is 16.1. The van der Waals surface area contributed by atoms with Crippen molar-refractivity contribution in [1.29, 1.82) is 0 Å². The van der Waals surface area contributed by atoms with Gasteiger partial charge < -0.3 is 15.1 Å². The first-order valence-electron chi connectivity index (χ1n) is 9.09. The highest BCUT2D eigenvalue weighted by atomic mass is 35.5. The van der Waals surface area contributed by atoms with Crippen LogP contribution in [0.2, 0.25) is 5.02 Å². The molecule has 3 rings (SSSR count). The first-order chi connectivity index (χ1) is 13.1. The van der Waals surface area contributed by atoms with E-state index in [0.29, 0.717) is 49.9 Å². The van der Waals surface area contributed by atoms with E-state index < -0.39 is 0 Å². The summed E-state index contributed by atoms with van der Waals surface area (Å²) in [4.78, 5) is 32.7. The van der Waals surface area contributed by atoms with Crippen LogP contribution in [0.15, 0.2) is 42.6 Å². The van der Waals surface area contributed by atoms with E-state index in [0.717, 1.165) is 11.3 Å². The lowest BCUT2D eigenvalue weighted by molar-refractivity contribution is -0.130. The number of carbonyl (C=O) groups excluding carboxylic acids is 2. The third kappa shape index (κ3) is 4.77. The quantitative estimate of drug-likeness (QED) is 0.856. The molecule has 0 spiro atoms. The number of benzene rings is 1. The van der Waals surface area contributed by atoms with E-state index in [4.69, 9.17) is 11.6 Å². The zero-order valence-electron chi connectivity index (χ0n) is 15.3. The van der Waals surface area contributed by atoms with E-state index in [2.05, 4.69) is 15.2 Å². The van der Waals surface area contributed by atoms with Gasteiger partial charge in [0.1, 0.15) is 5.69 Å². The first-order valence-corrected chi connectivity index (χ1v) is 9.46. The Morgan fingerprint density at radius 3 is 2.59 bits per heavy atom. The number of rotatable bonds is 5. The maximum Gasteiger partial charge on any atom is 0.269 e. The summed E-state index contributed by atoms with van der Waals surface area (Å²) >= 11 is 6.16. The lowest BCUT2D eigenvalue weighted by atomic mass is 10.1. The van der Waals surface area contributed by atoms with Crippen LogP contribution in [0.3, 0.4) is 0 Å². The van der Waals surface area contributed by atoms with Crippen molar-refractivity contribution in [2.24, 2.45) is 0 Å². The summed E-state index contributed by atoms with van der Waals surface area (Å²) in [6.07, 6.45) is 1.96. The van der Waals surface area contributed by atoms with Gasteiger partial charge in [0.2, 0.25) is 5.91 Å². The van der Waals surface area contributed by atoms with Crippen LogP contribution in [-0.2, 0) is 11.2 Å². The number of hydrogen-bond donors (Lipinski definition) is 1. The van der Waals surface area contributed by atoms with Crippen LogP contribution < -0.4 is 10.2 Å². The second kappa shape index (κ2) is 8.86. The molecule has 0 saturated carbocycles. The van der Waals surface area contributed by atoms with E-state index in [9.17, 15) is 9.59 Å². The Morgan fingerprint density at radius 1 is 1.15 bits per heavy atom. The van der Waals surface area contributed by atoms with E-state index in [1.807, 2.05) is 36.1 Å². The van der Waals surface area contributed by atoms with Gasteiger partial charge in [-0.15, -0.1) is 0 Å². The Labute approximate surface area is 164 Å². The van der Waals surface area contributed by atoms with Gasteiger partial charge in [-0.3, -0.25) is 14.6 Å². The van der Waals surface area contributed by atoms with Gasteiger partial charge in [-0.2, -0.15) is 0 Å². The van der Waals surface area contributed by atoms with Crippen molar-refractivity contribution < 1.29 is 9.59 Å². The molecule has 1 saturated heterocycles. The second-order valence-electron chi connectivity index (χ2n) is 6.39. The van der Waals surface area contributed by atoms with Gasteiger partial charge in [0.05, 0.1) is 6.42 Å². The fourth-order valence-corrected chi connectivity index (χ4v) is 3.32. The van der Waals surface area contributed by atoms with Crippen LogP contribution in [0.25, 0.3) is 0 Å².